The first kappa shape index (κ1) is 16.0. The molecule has 0 bridgehead atoms. The number of hydrogen-bond donors (Lipinski definition) is 2. The van der Waals surface area contributed by atoms with Crippen LogP contribution in [-0.2, 0) is 16.1 Å². The van der Waals surface area contributed by atoms with Gasteiger partial charge in [-0.25, -0.2) is 0 Å². The van der Waals surface area contributed by atoms with Crippen LogP contribution < -0.4 is 5.32 Å². The maximum Gasteiger partial charge on any atom is 0.319 e. The highest BCUT2D eigenvalue weighted by Gasteiger charge is 2.28. The summed E-state index contributed by atoms with van der Waals surface area (Å²) in [7, 11) is 1.68. The van der Waals surface area contributed by atoms with Crippen molar-refractivity contribution in [1.29, 1.82) is 0 Å². The van der Waals surface area contributed by atoms with Crippen LogP contribution in [0.3, 0.4) is 0 Å². The van der Waals surface area contributed by atoms with Crippen LogP contribution in [-0.4, -0.2) is 36.1 Å². The van der Waals surface area contributed by atoms with Crippen molar-refractivity contribution >= 4 is 17.7 Å². The highest BCUT2D eigenvalue weighted by molar-refractivity contribution is 8.01. The van der Waals surface area contributed by atoms with Crippen molar-refractivity contribution in [3.05, 3.63) is 29.8 Å². The molecule has 0 spiro atoms. The number of thioether (sulfide) groups is 1. The van der Waals surface area contributed by atoms with E-state index in [0.29, 0.717) is 6.61 Å². The van der Waals surface area contributed by atoms with Gasteiger partial charge in [-0.2, -0.15) is 0 Å². The molecular weight excluding hydrogens is 262 g/mol. The summed E-state index contributed by atoms with van der Waals surface area (Å²) in [6.45, 7) is 5.72. The topological polar surface area (TPSA) is 58.6 Å². The van der Waals surface area contributed by atoms with Gasteiger partial charge in [0.1, 0.15) is 4.75 Å². The second-order valence-electron chi connectivity index (χ2n) is 4.73. The van der Waals surface area contributed by atoms with Crippen molar-refractivity contribution < 1.29 is 14.6 Å². The Hall–Kier alpha value is -1.04. The molecule has 0 unspecified atom stereocenters. The standard InChI is InChI=1S/C14H21NO3S/c1-14(2,13(16)17)19-12-6-4-11(5-7-12)10-15-8-9-18-3/h4-7,15H,8-10H2,1-3H3,(H,16,17). The molecule has 1 rings (SSSR count). The summed E-state index contributed by atoms with van der Waals surface area (Å²) in [6, 6.07) is 7.95. The molecule has 0 saturated heterocycles. The largest absolute Gasteiger partial charge is 0.480 e. The fraction of sp³-hybridized carbons (Fsp3) is 0.500. The normalized spacial score (nSPS) is 11.5. The Morgan fingerprint density at radius 2 is 2.00 bits per heavy atom. The number of aliphatic carboxylic acids is 1. The van der Waals surface area contributed by atoms with Crippen LogP contribution in [0.5, 0.6) is 0 Å². The van der Waals surface area contributed by atoms with E-state index in [1.165, 1.54) is 17.3 Å². The van der Waals surface area contributed by atoms with Gasteiger partial charge >= 0.3 is 5.97 Å². The summed E-state index contributed by atoms with van der Waals surface area (Å²) < 4.78 is 4.15. The minimum atomic E-state index is -0.807. The number of carbonyl (C=O) groups is 1. The molecule has 4 nitrogen and oxygen atoms in total. The number of carboxylic acids is 1. The van der Waals surface area contributed by atoms with Crippen molar-refractivity contribution in [3.8, 4) is 0 Å². The SMILES string of the molecule is COCCNCc1ccc(SC(C)(C)C(=O)O)cc1. The van der Waals surface area contributed by atoms with Crippen LogP contribution in [0.2, 0.25) is 0 Å². The molecule has 0 heterocycles. The predicted molar refractivity (Wildman–Crippen MR) is 77.6 cm³/mol. The molecular formula is C14H21NO3S. The van der Waals surface area contributed by atoms with Crippen LogP contribution in [0, 0.1) is 0 Å². The highest BCUT2D eigenvalue weighted by atomic mass is 32.2. The first-order valence-electron chi connectivity index (χ1n) is 6.16. The van der Waals surface area contributed by atoms with Crippen molar-refractivity contribution in [3.63, 3.8) is 0 Å². The van der Waals surface area contributed by atoms with Gasteiger partial charge in [0.05, 0.1) is 6.61 Å². The summed E-state index contributed by atoms with van der Waals surface area (Å²) in [5.74, 6) is -0.803. The third-order valence-corrected chi connectivity index (χ3v) is 3.82. The van der Waals surface area contributed by atoms with Gasteiger partial charge in [-0.15, -0.1) is 11.8 Å². The molecule has 0 aliphatic carbocycles. The molecule has 2 N–H and O–H groups in total. The molecule has 19 heavy (non-hydrogen) atoms. The lowest BCUT2D eigenvalue weighted by Crippen LogP contribution is -2.26. The second kappa shape index (κ2) is 7.53. The van der Waals surface area contributed by atoms with Gasteiger partial charge in [0, 0.05) is 25.1 Å². The smallest absolute Gasteiger partial charge is 0.319 e. The van der Waals surface area contributed by atoms with Crippen molar-refractivity contribution in [2.45, 2.75) is 30.0 Å². The minimum Gasteiger partial charge on any atom is -0.480 e. The van der Waals surface area contributed by atoms with Crippen LogP contribution in [0.1, 0.15) is 19.4 Å². The zero-order chi connectivity index (χ0) is 14.3. The predicted octanol–water partition coefficient (Wildman–Crippen LogP) is 2.38. The molecule has 0 saturated carbocycles. The summed E-state index contributed by atoms with van der Waals surface area (Å²) in [5.41, 5.74) is 1.17. The lowest BCUT2D eigenvalue weighted by molar-refractivity contribution is -0.138. The second-order valence-corrected chi connectivity index (χ2v) is 6.43. The quantitative estimate of drug-likeness (QED) is 0.566. The van der Waals surface area contributed by atoms with Gasteiger partial charge in [0.15, 0.2) is 0 Å². The average molecular weight is 283 g/mol. The Morgan fingerprint density at radius 1 is 1.37 bits per heavy atom. The van der Waals surface area contributed by atoms with E-state index in [-0.39, 0.29) is 0 Å². The van der Waals surface area contributed by atoms with Gasteiger partial charge in [-0.3, -0.25) is 4.79 Å². The number of benzene rings is 1. The van der Waals surface area contributed by atoms with E-state index in [2.05, 4.69) is 5.32 Å². The van der Waals surface area contributed by atoms with Crippen molar-refractivity contribution in [1.82, 2.24) is 5.32 Å². The minimum absolute atomic E-state index is 0.695. The molecule has 0 atom stereocenters. The number of rotatable bonds is 8. The molecule has 0 amide bonds. The molecule has 1 aromatic carbocycles. The van der Waals surface area contributed by atoms with Crippen molar-refractivity contribution in [2.24, 2.45) is 0 Å². The van der Waals surface area contributed by atoms with Crippen LogP contribution >= 0.6 is 11.8 Å². The monoisotopic (exact) mass is 283 g/mol. The van der Waals surface area contributed by atoms with E-state index in [1.807, 2.05) is 24.3 Å². The lowest BCUT2D eigenvalue weighted by atomic mass is 10.2. The third kappa shape index (κ3) is 5.63. The molecule has 5 heteroatoms. The van der Waals surface area contributed by atoms with Gasteiger partial charge < -0.3 is 15.2 Å². The number of nitrogens with one attached hydrogen (secondary N) is 1. The van der Waals surface area contributed by atoms with Crippen LogP contribution in [0.4, 0.5) is 0 Å². The van der Waals surface area contributed by atoms with Crippen LogP contribution in [0.25, 0.3) is 0 Å². The van der Waals surface area contributed by atoms with Crippen molar-refractivity contribution in [2.75, 3.05) is 20.3 Å². The van der Waals surface area contributed by atoms with E-state index in [0.717, 1.165) is 18.0 Å². The van der Waals surface area contributed by atoms with Gasteiger partial charge in [-0.1, -0.05) is 12.1 Å². The summed E-state index contributed by atoms with van der Waals surface area (Å²) in [6.07, 6.45) is 0. The van der Waals surface area contributed by atoms with Gasteiger partial charge in [0.25, 0.3) is 0 Å². The Balaban J connectivity index is 2.50. The van der Waals surface area contributed by atoms with E-state index in [9.17, 15) is 4.79 Å². The fourth-order valence-corrected chi connectivity index (χ4v) is 2.37. The summed E-state index contributed by atoms with van der Waals surface area (Å²) in [5, 5.41) is 12.3. The summed E-state index contributed by atoms with van der Waals surface area (Å²) >= 11 is 1.35. The van der Waals surface area contributed by atoms with E-state index in [4.69, 9.17) is 9.84 Å². The molecule has 0 aliphatic heterocycles. The molecule has 0 radical (unpaired) electrons. The fourth-order valence-electron chi connectivity index (χ4n) is 1.42. The van der Waals surface area contributed by atoms with E-state index < -0.39 is 10.7 Å². The zero-order valence-corrected chi connectivity index (χ0v) is 12.4. The highest BCUT2D eigenvalue weighted by Crippen LogP contribution is 2.32. The average Bonchev–Trinajstić information content (AvgIpc) is 2.36. The summed E-state index contributed by atoms with van der Waals surface area (Å²) in [4.78, 5) is 12.0. The Morgan fingerprint density at radius 3 is 2.53 bits per heavy atom. The number of ether oxygens (including phenoxy) is 1. The van der Waals surface area contributed by atoms with E-state index >= 15 is 0 Å². The van der Waals surface area contributed by atoms with E-state index in [1.54, 1.807) is 21.0 Å². The lowest BCUT2D eigenvalue weighted by Gasteiger charge is -2.18. The maximum atomic E-state index is 11.1. The van der Waals surface area contributed by atoms with Gasteiger partial charge in [-0.05, 0) is 31.5 Å². The first-order chi connectivity index (χ1) is 8.95. The first-order valence-corrected chi connectivity index (χ1v) is 6.98. The number of methoxy groups -OCH3 is 1. The maximum absolute atomic E-state index is 11.1. The Kier molecular flexibility index (Phi) is 6.34. The molecule has 0 fully saturated rings. The molecule has 0 aliphatic rings. The van der Waals surface area contributed by atoms with Crippen LogP contribution in [0.15, 0.2) is 29.2 Å². The third-order valence-electron chi connectivity index (χ3n) is 2.62. The zero-order valence-electron chi connectivity index (χ0n) is 11.6. The number of hydrogen-bond acceptors (Lipinski definition) is 4. The molecule has 106 valence electrons. The Bertz CT molecular complexity index is 404. The van der Waals surface area contributed by atoms with Gasteiger partial charge in [0.2, 0.25) is 0 Å². The number of carboxylic acid groups (broad SMARTS) is 1. The molecule has 0 aromatic heterocycles. The Labute approximate surface area is 118 Å². The molecule has 1 aromatic rings.